The Labute approximate surface area is 51.9 Å². The Morgan fingerprint density at radius 2 is 1.43 bits per heavy atom. The van der Waals surface area contributed by atoms with Gasteiger partial charge in [0.05, 0.1) is 13.2 Å². The summed E-state index contributed by atoms with van der Waals surface area (Å²) in [5.41, 5.74) is 0. The second kappa shape index (κ2) is 6.37. The maximum atomic E-state index is 8.17. The summed E-state index contributed by atoms with van der Waals surface area (Å²) in [6, 6.07) is 0. The fourth-order valence-electron chi connectivity index (χ4n) is 0.0577. The first kappa shape index (κ1) is 10.4. The predicted octanol–water partition coefficient (Wildman–Crippen LogP) is -1.67. The van der Waals surface area contributed by atoms with Crippen LogP contribution in [0.3, 0.4) is 0 Å². The Balaban J connectivity index is 0. The summed E-state index contributed by atoms with van der Waals surface area (Å²) in [5, 5.41) is 24.0. The minimum Gasteiger partial charge on any atom is -0.394 e. The summed E-state index contributed by atoms with van der Waals surface area (Å²) >= 11 is 0. The van der Waals surface area contributed by atoms with Crippen LogP contribution < -0.4 is 0 Å². The van der Waals surface area contributed by atoms with Crippen LogP contribution in [-0.2, 0) is 16.5 Å². The summed E-state index contributed by atoms with van der Waals surface area (Å²) in [7, 11) is 0. The van der Waals surface area contributed by atoms with E-state index in [0.717, 1.165) is 0 Å². The zero-order chi connectivity index (χ0) is 4.99. The zero-order valence-corrected chi connectivity index (χ0v) is 4.64. The molecule has 0 fully saturated rings. The summed E-state index contributed by atoms with van der Waals surface area (Å²) in [5.74, 6) is 0. The summed E-state index contributed by atoms with van der Waals surface area (Å²) in [4.78, 5) is 0. The van der Waals surface area contributed by atoms with E-state index >= 15 is 0 Å². The van der Waals surface area contributed by atoms with E-state index in [0.29, 0.717) is 0 Å². The zero-order valence-electron chi connectivity index (χ0n) is 3.65. The van der Waals surface area contributed by atoms with Crippen molar-refractivity contribution >= 4 is 0 Å². The third-order valence-electron chi connectivity index (χ3n) is 0.421. The van der Waals surface area contributed by atoms with Gasteiger partial charge in [-0.05, 0) is 0 Å². The van der Waals surface area contributed by atoms with Crippen molar-refractivity contribution in [2.45, 2.75) is 6.10 Å². The fourth-order valence-corrected chi connectivity index (χ4v) is 0.0577. The van der Waals surface area contributed by atoms with Crippen LogP contribution in [0.4, 0.5) is 0 Å². The van der Waals surface area contributed by atoms with Crippen LogP contribution >= 0.6 is 0 Å². The molecule has 3 N–H and O–H groups in total. The van der Waals surface area contributed by atoms with Crippen LogP contribution in [0.5, 0.6) is 0 Å². The molecule has 0 saturated heterocycles. The van der Waals surface area contributed by atoms with Crippen molar-refractivity contribution in [3.8, 4) is 0 Å². The molecule has 0 amide bonds. The van der Waals surface area contributed by atoms with Crippen LogP contribution in [0.25, 0.3) is 0 Å². The first-order valence-corrected chi connectivity index (χ1v) is 1.71. The third kappa shape index (κ3) is 6.37. The van der Waals surface area contributed by atoms with Gasteiger partial charge in [0.15, 0.2) is 0 Å². The predicted molar refractivity (Wildman–Crippen MR) is 20.2 cm³/mol. The molecule has 0 saturated carbocycles. The first-order valence-electron chi connectivity index (χ1n) is 1.71. The minimum absolute atomic E-state index is 0. The first-order chi connectivity index (χ1) is 2.81. The molecule has 0 aromatic heterocycles. The molecule has 0 heterocycles. The topological polar surface area (TPSA) is 60.7 Å². The Morgan fingerprint density at radius 1 is 1.14 bits per heavy atom. The van der Waals surface area contributed by atoms with Crippen molar-refractivity contribution < 1.29 is 31.8 Å². The van der Waals surface area contributed by atoms with Crippen molar-refractivity contribution in [3.63, 3.8) is 0 Å². The molecule has 0 rings (SSSR count). The van der Waals surface area contributed by atoms with E-state index in [1.807, 2.05) is 0 Å². The van der Waals surface area contributed by atoms with E-state index < -0.39 is 6.10 Å². The average Bonchev–Trinajstić information content (AvgIpc) is 1.65. The van der Waals surface area contributed by atoms with Gasteiger partial charge in [-0.1, -0.05) is 0 Å². The molecule has 7 heavy (non-hydrogen) atoms. The second-order valence-corrected chi connectivity index (χ2v) is 1.02. The number of hydrogen-bond donors (Lipinski definition) is 3. The minimum atomic E-state index is -0.954. The number of rotatable bonds is 2. The Hall–Kier alpha value is 0.374. The summed E-state index contributed by atoms with van der Waals surface area (Å²) < 4.78 is 0. The van der Waals surface area contributed by atoms with E-state index in [1.165, 1.54) is 0 Å². The van der Waals surface area contributed by atoms with Gasteiger partial charge in [0, 0.05) is 16.5 Å². The van der Waals surface area contributed by atoms with E-state index in [1.54, 1.807) is 0 Å². The van der Waals surface area contributed by atoms with E-state index in [-0.39, 0.29) is 29.7 Å². The molecular formula is C3H8NiO3. The maximum absolute atomic E-state index is 8.17. The van der Waals surface area contributed by atoms with E-state index in [9.17, 15) is 0 Å². The summed E-state index contributed by atoms with van der Waals surface area (Å²) in [6.07, 6.45) is -0.954. The van der Waals surface area contributed by atoms with Gasteiger partial charge in [0.2, 0.25) is 0 Å². The van der Waals surface area contributed by atoms with Crippen LogP contribution in [-0.4, -0.2) is 34.6 Å². The molecular weight excluding hydrogens is 143 g/mol. The third-order valence-corrected chi connectivity index (χ3v) is 0.421. The standard InChI is InChI=1S/C3H8O3.Ni/c4-1-3(6)2-5;/h3-6H,1-2H2;. The van der Waals surface area contributed by atoms with Crippen LogP contribution in [0.2, 0.25) is 0 Å². The van der Waals surface area contributed by atoms with Gasteiger partial charge in [-0.2, -0.15) is 0 Å². The molecule has 0 radical (unpaired) electrons. The molecule has 0 unspecified atom stereocenters. The Bertz CT molecular complexity index is 29.4. The van der Waals surface area contributed by atoms with Crippen LogP contribution in [0, 0.1) is 0 Å². The van der Waals surface area contributed by atoms with Crippen molar-refractivity contribution in [1.29, 1.82) is 0 Å². The quantitative estimate of drug-likeness (QED) is 0.413. The molecule has 0 aliphatic heterocycles. The Morgan fingerprint density at radius 3 is 1.43 bits per heavy atom. The molecule has 4 heteroatoms. The van der Waals surface area contributed by atoms with Crippen molar-refractivity contribution in [1.82, 2.24) is 0 Å². The average molecular weight is 151 g/mol. The summed E-state index contributed by atoms with van der Waals surface area (Å²) in [6.45, 7) is -0.729. The van der Waals surface area contributed by atoms with Gasteiger partial charge in [-0.3, -0.25) is 0 Å². The van der Waals surface area contributed by atoms with Gasteiger partial charge in [-0.25, -0.2) is 0 Å². The van der Waals surface area contributed by atoms with Crippen LogP contribution in [0.1, 0.15) is 0 Å². The van der Waals surface area contributed by atoms with Gasteiger partial charge >= 0.3 is 0 Å². The van der Waals surface area contributed by atoms with E-state index in [2.05, 4.69) is 0 Å². The van der Waals surface area contributed by atoms with Gasteiger partial charge in [0.1, 0.15) is 6.10 Å². The Kier molecular flexibility index (Phi) is 9.44. The molecule has 0 atom stereocenters. The molecule has 3 nitrogen and oxygen atoms in total. The van der Waals surface area contributed by atoms with E-state index in [4.69, 9.17) is 15.3 Å². The molecule has 48 valence electrons. The van der Waals surface area contributed by atoms with Crippen LogP contribution in [0.15, 0.2) is 0 Å². The molecule has 0 bridgehead atoms. The fraction of sp³-hybridized carbons (Fsp3) is 1.00. The number of aliphatic hydroxyl groups is 3. The molecule has 0 spiro atoms. The van der Waals surface area contributed by atoms with Gasteiger partial charge < -0.3 is 15.3 Å². The number of aliphatic hydroxyl groups excluding tert-OH is 3. The molecule has 0 aliphatic rings. The maximum Gasteiger partial charge on any atom is 0.100 e. The molecule has 0 aromatic rings. The number of hydrogen-bond acceptors (Lipinski definition) is 3. The molecule has 0 aromatic carbocycles. The van der Waals surface area contributed by atoms with Gasteiger partial charge in [-0.15, -0.1) is 0 Å². The SMILES string of the molecule is OCC(O)CO.[Ni]. The smallest absolute Gasteiger partial charge is 0.100 e. The van der Waals surface area contributed by atoms with Crippen molar-refractivity contribution in [2.24, 2.45) is 0 Å². The van der Waals surface area contributed by atoms with Crippen molar-refractivity contribution in [3.05, 3.63) is 0 Å². The second-order valence-electron chi connectivity index (χ2n) is 1.02. The normalized spacial score (nSPS) is 8.57. The monoisotopic (exact) mass is 150 g/mol. The largest absolute Gasteiger partial charge is 0.394 e. The van der Waals surface area contributed by atoms with Gasteiger partial charge in [0.25, 0.3) is 0 Å². The van der Waals surface area contributed by atoms with Crippen molar-refractivity contribution in [2.75, 3.05) is 13.2 Å². The molecule has 0 aliphatic carbocycles.